The predicted molar refractivity (Wildman–Crippen MR) is 82.2 cm³/mol. The topological polar surface area (TPSA) is 47.6 Å². The lowest BCUT2D eigenvalue weighted by Crippen LogP contribution is -2.23. The SMILES string of the molecule is COc1ccc(CNC(=O)c2ccc(C(F)(F)F)cc2)cc1OC. The van der Waals surface area contributed by atoms with Crippen molar-refractivity contribution in [3.8, 4) is 11.5 Å². The normalized spacial score (nSPS) is 11.0. The summed E-state index contributed by atoms with van der Waals surface area (Å²) in [5.74, 6) is 0.632. The van der Waals surface area contributed by atoms with Gasteiger partial charge in [-0.15, -0.1) is 0 Å². The van der Waals surface area contributed by atoms with Gasteiger partial charge in [-0.2, -0.15) is 13.2 Å². The van der Waals surface area contributed by atoms with Crippen molar-refractivity contribution in [3.63, 3.8) is 0 Å². The molecule has 2 aromatic rings. The zero-order chi connectivity index (χ0) is 17.7. The standard InChI is InChI=1S/C17H16F3NO3/c1-23-14-8-3-11(9-15(14)24-2)10-21-16(22)12-4-6-13(7-5-12)17(18,19)20/h3-9H,10H2,1-2H3,(H,21,22). The van der Waals surface area contributed by atoms with Crippen LogP contribution < -0.4 is 14.8 Å². The summed E-state index contributed by atoms with van der Waals surface area (Å²) in [6, 6.07) is 9.23. The highest BCUT2D eigenvalue weighted by molar-refractivity contribution is 5.94. The molecule has 128 valence electrons. The Hall–Kier alpha value is -2.70. The Morgan fingerprint density at radius 1 is 1.00 bits per heavy atom. The van der Waals surface area contributed by atoms with Crippen molar-refractivity contribution in [3.05, 3.63) is 59.2 Å². The van der Waals surface area contributed by atoms with E-state index in [-0.39, 0.29) is 12.1 Å². The Labute approximate surface area is 137 Å². The van der Waals surface area contributed by atoms with Crippen LogP contribution in [0.5, 0.6) is 11.5 Å². The van der Waals surface area contributed by atoms with Gasteiger partial charge in [0.15, 0.2) is 11.5 Å². The average molecular weight is 339 g/mol. The zero-order valence-electron chi connectivity index (χ0n) is 13.1. The molecule has 0 fully saturated rings. The Balaban J connectivity index is 2.03. The van der Waals surface area contributed by atoms with E-state index in [4.69, 9.17) is 9.47 Å². The summed E-state index contributed by atoms with van der Waals surface area (Å²) >= 11 is 0. The first-order chi connectivity index (χ1) is 11.3. The molecule has 0 bridgehead atoms. The fourth-order valence-corrected chi connectivity index (χ4v) is 2.09. The lowest BCUT2D eigenvalue weighted by Gasteiger charge is -2.11. The molecule has 4 nitrogen and oxygen atoms in total. The van der Waals surface area contributed by atoms with E-state index < -0.39 is 17.6 Å². The van der Waals surface area contributed by atoms with Crippen molar-refractivity contribution in [2.75, 3.05) is 14.2 Å². The van der Waals surface area contributed by atoms with Gasteiger partial charge < -0.3 is 14.8 Å². The highest BCUT2D eigenvalue weighted by Gasteiger charge is 2.30. The first-order valence-corrected chi connectivity index (χ1v) is 7.01. The van der Waals surface area contributed by atoms with Crippen molar-refractivity contribution in [2.45, 2.75) is 12.7 Å². The average Bonchev–Trinajstić information content (AvgIpc) is 2.58. The third kappa shape index (κ3) is 4.18. The minimum absolute atomic E-state index is 0.156. The predicted octanol–water partition coefficient (Wildman–Crippen LogP) is 3.65. The first kappa shape index (κ1) is 17.7. The molecule has 24 heavy (non-hydrogen) atoms. The number of methoxy groups -OCH3 is 2. The van der Waals surface area contributed by atoms with E-state index in [0.717, 1.165) is 29.8 Å². The number of benzene rings is 2. The maximum absolute atomic E-state index is 12.5. The molecule has 0 aliphatic carbocycles. The number of rotatable bonds is 5. The third-order valence-corrected chi connectivity index (χ3v) is 3.38. The fourth-order valence-electron chi connectivity index (χ4n) is 2.09. The molecule has 0 aliphatic rings. The van der Waals surface area contributed by atoms with E-state index in [1.165, 1.54) is 14.2 Å². The van der Waals surface area contributed by atoms with Crippen LogP contribution in [0.4, 0.5) is 13.2 Å². The summed E-state index contributed by atoms with van der Waals surface area (Å²) in [5, 5.41) is 2.65. The quantitative estimate of drug-likeness (QED) is 0.904. The van der Waals surface area contributed by atoms with E-state index in [2.05, 4.69) is 5.32 Å². The number of alkyl halides is 3. The van der Waals surface area contributed by atoms with Gasteiger partial charge in [0.25, 0.3) is 5.91 Å². The summed E-state index contributed by atoms with van der Waals surface area (Å²) < 4.78 is 47.8. The Morgan fingerprint density at radius 3 is 2.17 bits per heavy atom. The fraction of sp³-hybridized carbons (Fsp3) is 0.235. The van der Waals surface area contributed by atoms with E-state index in [1.807, 2.05) is 0 Å². The number of carbonyl (C=O) groups excluding carboxylic acids is 1. The maximum atomic E-state index is 12.5. The number of carbonyl (C=O) groups is 1. The van der Waals surface area contributed by atoms with E-state index in [0.29, 0.717) is 11.5 Å². The Kier molecular flexibility index (Phi) is 5.33. The van der Waals surface area contributed by atoms with Crippen LogP contribution in [0, 0.1) is 0 Å². The summed E-state index contributed by atoms with van der Waals surface area (Å²) in [7, 11) is 3.02. The number of nitrogens with one attached hydrogen (secondary N) is 1. The van der Waals surface area contributed by atoms with Gasteiger partial charge in [0.1, 0.15) is 0 Å². The second-order valence-corrected chi connectivity index (χ2v) is 4.95. The molecule has 7 heteroatoms. The minimum atomic E-state index is -4.42. The molecule has 1 N–H and O–H groups in total. The van der Waals surface area contributed by atoms with Crippen LogP contribution in [0.1, 0.15) is 21.5 Å². The molecule has 0 radical (unpaired) electrons. The molecule has 0 aromatic heterocycles. The van der Waals surface area contributed by atoms with E-state index in [1.54, 1.807) is 18.2 Å². The molecule has 0 unspecified atom stereocenters. The minimum Gasteiger partial charge on any atom is -0.493 e. The van der Waals surface area contributed by atoms with Crippen molar-refractivity contribution < 1.29 is 27.4 Å². The van der Waals surface area contributed by atoms with Crippen molar-refractivity contribution in [2.24, 2.45) is 0 Å². The van der Waals surface area contributed by atoms with Crippen LogP contribution in [0.15, 0.2) is 42.5 Å². The van der Waals surface area contributed by atoms with Gasteiger partial charge in [0, 0.05) is 12.1 Å². The number of hydrogen-bond donors (Lipinski definition) is 1. The second kappa shape index (κ2) is 7.25. The molecule has 2 rings (SSSR count). The van der Waals surface area contributed by atoms with Crippen LogP contribution in [-0.4, -0.2) is 20.1 Å². The van der Waals surface area contributed by atoms with Crippen LogP contribution >= 0.6 is 0 Å². The lowest BCUT2D eigenvalue weighted by molar-refractivity contribution is -0.137. The molecule has 2 aromatic carbocycles. The van der Waals surface area contributed by atoms with Gasteiger partial charge in [-0.3, -0.25) is 4.79 Å². The third-order valence-electron chi connectivity index (χ3n) is 3.38. The van der Waals surface area contributed by atoms with Gasteiger partial charge in [-0.05, 0) is 42.0 Å². The Morgan fingerprint density at radius 2 is 1.62 bits per heavy atom. The maximum Gasteiger partial charge on any atom is 0.416 e. The van der Waals surface area contributed by atoms with Crippen molar-refractivity contribution in [1.29, 1.82) is 0 Å². The smallest absolute Gasteiger partial charge is 0.416 e. The molecule has 0 heterocycles. The summed E-state index contributed by atoms with van der Waals surface area (Å²) in [4.78, 5) is 12.0. The highest BCUT2D eigenvalue weighted by Crippen LogP contribution is 2.29. The summed E-state index contributed by atoms with van der Waals surface area (Å²) in [6.07, 6.45) is -4.42. The molecule has 0 aliphatic heterocycles. The van der Waals surface area contributed by atoms with Crippen LogP contribution in [0.2, 0.25) is 0 Å². The summed E-state index contributed by atoms with van der Waals surface area (Å²) in [6.45, 7) is 0.209. The van der Waals surface area contributed by atoms with Crippen molar-refractivity contribution >= 4 is 5.91 Å². The molecule has 1 amide bonds. The summed E-state index contributed by atoms with van der Waals surface area (Å²) in [5.41, 5.74) is 0.135. The zero-order valence-corrected chi connectivity index (χ0v) is 13.1. The molecular formula is C17H16F3NO3. The monoisotopic (exact) mass is 339 g/mol. The highest BCUT2D eigenvalue weighted by atomic mass is 19.4. The molecule has 0 saturated heterocycles. The number of amides is 1. The molecule has 0 atom stereocenters. The molecular weight excluding hydrogens is 323 g/mol. The van der Waals surface area contributed by atoms with E-state index in [9.17, 15) is 18.0 Å². The largest absolute Gasteiger partial charge is 0.493 e. The van der Waals surface area contributed by atoms with Gasteiger partial charge in [0.05, 0.1) is 19.8 Å². The van der Waals surface area contributed by atoms with Crippen LogP contribution in [-0.2, 0) is 12.7 Å². The molecule has 0 spiro atoms. The van der Waals surface area contributed by atoms with Crippen LogP contribution in [0.25, 0.3) is 0 Å². The van der Waals surface area contributed by atoms with Crippen LogP contribution in [0.3, 0.4) is 0 Å². The number of halogens is 3. The van der Waals surface area contributed by atoms with Gasteiger partial charge >= 0.3 is 6.18 Å². The Bertz CT molecular complexity index is 712. The second-order valence-electron chi connectivity index (χ2n) is 4.95. The number of ether oxygens (including phenoxy) is 2. The number of hydrogen-bond acceptors (Lipinski definition) is 3. The lowest BCUT2D eigenvalue weighted by atomic mass is 10.1. The molecule has 0 saturated carbocycles. The van der Waals surface area contributed by atoms with Gasteiger partial charge in [0.2, 0.25) is 0 Å². The first-order valence-electron chi connectivity index (χ1n) is 7.01. The van der Waals surface area contributed by atoms with Gasteiger partial charge in [-0.25, -0.2) is 0 Å². The van der Waals surface area contributed by atoms with Crippen molar-refractivity contribution in [1.82, 2.24) is 5.32 Å². The van der Waals surface area contributed by atoms with E-state index >= 15 is 0 Å². The van der Waals surface area contributed by atoms with Gasteiger partial charge in [-0.1, -0.05) is 6.07 Å².